The molecule has 0 bridgehead atoms. The summed E-state index contributed by atoms with van der Waals surface area (Å²) in [7, 11) is 1.73. The summed E-state index contributed by atoms with van der Waals surface area (Å²) in [4.78, 5) is 11.6. The van der Waals surface area contributed by atoms with E-state index in [1.807, 2.05) is 54.6 Å². The molecule has 1 fully saturated rings. The summed E-state index contributed by atoms with van der Waals surface area (Å²) in [5.41, 5.74) is 2.39. The van der Waals surface area contributed by atoms with Gasteiger partial charge < -0.3 is 14.3 Å². The number of ether oxygens (including phenoxy) is 2. The zero-order chi connectivity index (χ0) is 20.8. The minimum atomic E-state index is -0.796. The van der Waals surface area contributed by atoms with Crippen LogP contribution in [0.1, 0.15) is 36.0 Å². The molecule has 0 aliphatic heterocycles. The van der Waals surface area contributed by atoms with Crippen molar-refractivity contribution in [2.45, 2.75) is 37.1 Å². The van der Waals surface area contributed by atoms with Gasteiger partial charge in [-0.1, -0.05) is 91.0 Å². The van der Waals surface area contributed by atoms with E-state index in [0.29, 0.717) is 6.42 Å². The zero-order valence-corrected chi connectivity index (χ0v) is 17.3. The lowest BCUT2D eigenvalue weighted by molar-refractivity contribution is -0.141. The van der Waals surface area contributed by atoms with Gasteiger partial charge in [0.1, 0.15) is 11.9 Å². The first-order valence-corrected chi connectivity index (χ1v) is 10.6. The van der Waals surface area contributed by atoms with E-state index >= 15 is 0 Å². The SMILES string of the molecule is COC1CCC(C=O)CC1OC(c1ccccc1)(c1ccccc1)c1ccccc1. The van der Waals surface area contributed by atoms with Crippen molar-refractivity contribution in [2.75, 3.05) is 7.11 Å². The highest BCUT2D eigenvalue weighted by molar-refractivity contribution is 5.54. The quantitative estimate of drug-likeness (QED) is 0.395. The molecule has 154 valence electrons. The van der Waals surface area contributed by atoms with E-state index in [4.69, 9.17) is 9.47 Å². The van der Waals surface area contributed by atoms with Crippen molar-refractivity contribution in [1.82, 2.24) is 0 Å². The van der Waals surface area contributed by atoms with Crippen molar-refractivity contribution in [1.29, 1.82) is 0 Å². The molecule has 3 aromatic rings. The van der Waals surface area contributed by atoms with Gasteiger partial charge in [0, 0.05) is 13.0 Å². The van der Waals surface area contributed by atoms with Gasteiger partial charge in [0.25, 0.3) is 0 Å². The van der Waals surface area contributed by atoms with Crippen LogP contribution in [0.15, 0.2) is 91.0 Å². The molecule has 0 radical (unpaired) electrons. The summed E-state index contributed by atoms with van der Waals surface area (Å²) in [5.74, 6) is 0.00131. The smallest absolute Gasteiger partial charge is 0.144 e. The number of benzene rings is 3. The predicted molar refractivity (Wildman–Crippen MR) is 118 cm³/mol. The van der Waals surface area contributed by atoms with Crippen molar-refractivity contribution >= 4 is 6.29 Å². The molecular formula is C27H28O3. The highest BCUT2D eigenvalue weighted by Gasteiger charge is 2.43. The van der Waals surface area contributed by atoms with Crippen LogP contribution in [0.4, 0.5) is 0 Å². The molecule has 4 rings (SSSR count). The predicted octanol–water partition coefficient (Wildman–Crippen LogP) is 5.38. The Balaban J connectivity index is 1.89. The van der Waals surface area contributed by atoms with Gasteiger partial charge in [-0.05, 0) is 36.0 Å². The Morgan fingerprint density at radius 2 is 1.20 bits per heavy atom. The van der Waals surface area contributed by atoms with Gasteiger partial charge in [-0.15, -0.1) is 0 Å². The van der Waals surface area contributed by atoms with Crippen molar-refractivity contribution in [3.63, 3.8) is 0 Å². The number of carbonyl (C=O) groups excluding carboxylic acids is 1. The van der Waals surface area contributed by atoms with Gasteiger partial charge >= 0.3 is 0 Å². The average molecular weight is 401 g/mol. The Kier molecular flexibility index (Phi) is 6.41. The number of carbonyl (C=O) groups is 1. The molecule has 3 unspecified atom stereocenters. The van der Waals surface area contributed by atoms with E-state index < -0.39 is 5.60 Å². The van der Waals surface area contributed by atoms with E-state index in [2.05, 4.69) is 36.4 Å². The van der Waals surface area contributed by atoms with Gasteiger partial charge in [0.05, 0.1) is 12.2 Å². The third-order valence-corrected chi connectivity index (χ3v) is 6.14. The third-order valence-electron chi connectivity index (χ3n) is 6.14. The molecule has 0 saturated heterocycles. The molecule has 3 atom stereocenters. The second-order valence-electron chi connectivity index (χ2n) is 7.92. The molecule has 3 aromatic carbocycles. The summed E-state index contributed by atoms with van der Waals surface area (Å²) in [6.07, 6.45) is 3.15. The van der Waals surface area contributed by atoms with Gasteiger partial charge in [-0.25, -0.2) is 0 Å². The summed E-state index contributed by atoms with van der Waals surface area (Å²) in [5, 5.41) is 0. The minimum Gasteiger partial charge on any atom is -0.379 e. The Bertz CT molecular complexity index is 827. The molecule has 1 aliphatic carbocycles. The highest BCUT2D eigenvalue weighted by Crippen LogP contribution is 2.43. The van der Waals surface area contributed by atoms with Crippen LogP contribution in [0.5, 0.6) is 0 Å². The summed E-state index contributed by atoms with van der Waals surface area (Å²) in [6, 6.07) is 31.0. The van der Waals surface area contributed by atoms with Crippen LogP contribution in [-0.4, -0.2) is 25.6 Å². The number of rotatable bonds is 7. The van der Waals surface area contributed by atoms with E-state index in [9.17, 15) is 4.79 Å². The fourth-order valence-electron chi connectivity index (χ4n) is 4.60. The number of aldehydes is 1. The van der Waals surface area contributed by atoms with Gasteiger partial charge in [0.2, 0.25) is 0 Å². The third kappa shape index (κ3) is 3.96. The van der Waals surface area contributed by atoms with Crippen LogP contribution < -0.4 is 0 Å². The molecule has 3 nitrogen and oxygen atoms in total. The van der Waals surface area contributed by atoms with Crippen molar-refractivity contribution < 1.29 is 14.3 Å². The molecule has 0 spiro atoms. The first-order valence-electron chi connectivity index (χ1n) is 10.6. The van der Waals surface area contributed by atoms with Gasteiger partial charge in [-0.3, -0.25) is 0 Å². The van der Waals surface area contributed by atoms with Crippen molar-refractivity contribution in [2.24, 2.45) is 5.92 Å². The van der Waals surface area contributed by atoms with Crippen molar-refractivity contribution in [3.8, 4) is 0 Å². The topological polar surface area (TPSA) is 35.5 Å². The van der Waals surface area contributed by atoms with Crippen LogP contribution in [0, 0.1) is 5.92 Å². The number of methoxy groups -OCH3 is 1. The average Bonchev–Trinajstić information content (AvgIpc) is 2.84. The van der Waals surface area contributed by atoms with E-state index in [1.165, 1.54) is 0 Å². The fraction of sp³-hybridized carbons (Fsp3) is 0.296. The molecular weight excluding hydrogens is 372 g/mol. The Morgan fingerprint density at radius 1 is 0.733 bits per heavy atom. The highest BCUT2D eigenvalue weighted by atomic mass is 16.5. The zero-order valence-electron chi connectivity index (χ0n) is 17.3. The summed E-state index contributed by atoms with van der Waals surface area (Å²) in [6.45, 7) is 0. The van der Waals surface area contributed by atoms with Crippen LogP contribution in [0.3, 0.4) is 0 Å². The maximum Gasteiger partial charge on any atom is 0.144 e. The summed E-state index contributed by atoms with van der Waals surface area (Å²) >= 11 is 0. The molecule has 0 N–H and O–H groups in total. The van der Waals surface area contributed by atoms with E-state index in [-0.39, 0.29) is 18.1 Å². The maximum absolute atomic E-state index is 11.6. The van der Waals surface area contributed by atoms with E-state index in [1.54, 1.807) is 7.11 Å². The van der Waals surface area contributed by atoms with Crippen LogP contribution in [0.25, 0.3) is 0 Å². The van der Waals surface area contributed by atoms with Crippen molar-refractivity contribution in [3.05, 3.63) is 108 Å². The minimum absolute atomic E-state index is 0.00131. The molecule has 30 heavy (non-hydrogen) atoms. The standard InChI is InChI=1S/C27H28O3/c1-29-25-18-17-21(20-28)19-26(25)30-27(22-11-5-2-6-12-22,23-13-7-3-8-14-23)24-15-9-4-10-16-24/h2-16,20-21,25-26H,17-19H2,1H3. The van der Waals surface area contributed by atoms with Gasteiger partial charge in [-0.2, -0.15) is 0 Å². The second kappa shape index (κ2) is 9.38. The van der Waals surface area contributed by atoms with E-state index in [0.717, 1.165) is 35.8 Å². The number of hydrogen-bond acceptors (Lipinski definition) is 3. The molecule has 3 heteroatoms. The van der Waals surface area contributed by atoms with Crippen LogP contribution in [-0.2, 0) is 19.9 Å². The summed E-state index contributed by atoms with van der Waals surface area (Å²) < 4.78 is 12.9. The molecule has 0 amide bonds. The fourth-order valence-corrected chi connectivity index (χ4v) is 4.60. The Morgan fingerprint density at radius 3 is 1.60 bits per heavy atom. The number of hydrogen-bond donors (Lipinski definition) is 0. The first-order chi connectivity index (χ1) is 14.8. The van der Waals surface area contributed by atoms with Crippen LogP contribution in [0.2, 0.25) is 0 Å². The molecule has 0 aromatic heterocycles. The first kappa shape index (κ1) is 20.5. The van der Waals surface area contributed by atoms with Crippen LogP contribution >= 0.6 is 0 Å². The second-order valence-corrected chi connectivity index (χ2v) is 7.92. The maximum atomic E-state index is 11.6. The largest absolute Gasteiger partial charge is 0.379 e. The lowest BCUT2D eigenvalue weighted by Crippen LogP contribution is -2.45. The monoisotopic (exact) mass is 400 g/mol. The molecule has 0 heterocycles. The molecule has 1 aliphatic rings. The Labute approximate surface area is 178 Å². The normalized spacial score (nSPS) is 21.8. The van der Waals surface area contributed by atoms with Gasteiger partial charge in [0.15, 0.2) is 0 Å². The lowest BCUT2D eigenvalue weighted by atomic mass is 9.78. The lowest BCUT2D eigenvalue weighted by Gasteiger charge is -2.43. The Hall–Kier alpha value is -2.75. The molecule has 1 saturated carbocycles.